The second-order valence-corrected chi connectivity index (χ2v) is 18.5. The topological polar surface area (TPSA) is 124 Å². The molecule has 2 unspecified atom stereocenters. The highest BCUT2D eigenvalue weighted by Crippen LogP contribution is 2.48. The Hall–Kier alpha value is -3.61. The fraction of sp³-hybridized carbons (Fsp3) is 0.575. The van der Waals surface area contributed by atoms with Crippen molar-refractivity contribution >= 4 is 39.0 Å². The predicted molar refractivity (Wildman–Crippen MR) is 204 cm³/mol. The van der Waals surface area contributed by atoms with Crippen LogP contribution in [0.15, 0.2) is 47.0 Å². The van der Waals surface area contributed by atoms with Gasteiger partial charge in [0.05, 0.1) is 31.3 Å². The molecule has 1 saturated carbocycles. The fourth-order valence-electron chi connectivity index (χ4n) is 9.66. The van der Waals surface area contributed by atoms with Gasteiger partial charge in [-0.15, -0.1) is 9.46 Å². The second-order valence-electron chi connectivity index (χ2n) is 16.1. The number of fused-ring (bicyclic) bond motifs is 6. The summed E-state index contributed by atoms with van der Waals surface area (Å²) in [7, 11) is -0.476. The number of rotatable bonds is 3. The number of hydrogen-bond donors (Lipinski definition) is 1. The molecule has 2 aromatic carbocycles. The molecule has 0 radical (unpaired) electrons. The highest BCUT2D eigenvalue weighted by Gasteiger charge is 2.46. The SMILES string of the molecule is COc1nn(C)cc1C(=O)NS1(=O)=NC(=O)c2ccc3c(c2)N(C[C@@H]2CC[C@H]2[C@H]2OCCCC2CC[C@H](C)C1)C[C@@]1(CCCc2cc(Cl)ccc21)CO3. The Morgan fingerprint density at radius 3 is 2.75 bits per heavy atom. The first kappa shape index (κ1) is 36.4. The van der Waals surface area contributed by atoms with Crippen LogP contribution >= 0.6 is 11.6 Å². The van der Waals surface area contributed by atoms with Crippen LogP contribution in [0.3, 0.4) is 0 Å². The normalized spacial score (nSPS) is 31.4. The molecule has 284 valence electrons. The van der Waals surface area contributed by atoms with Crippen molar-refractivity contribution in [2.75, 3.05) is 44.1 Å². The number of carbonyl (C=O) groups excluding carboxylic acids is 2. The van der Waals surface area contributed by atoms with E-state index in [2.05, 4.69) is 31.2 Å². The van der Waals surface area contributed by atoms with Gasteiger partial charge >= 0.3 is 0 Å². The summed E-state index contributed by atoms with van der Waals surface area (Å²) in [6, 6.07) is 11.7. The molecule has 3 aromatic rings. The standard InChI is InChI=1S/C40H50ClN5O6S/c1-25-8-9-26-7-5-17-51-36(26)31-13-10-29(31)20-46-23-40(16-4-6-27-18-30(41)12-14-33(27)40)24-52-35-15-11-28(19-34(35)46)37(47)43-53(49,22-25)44-38(48)32-21-45(2)42-39(32)50-3/h11-12,14-15,18-19,21,25-26,29,31,36H,4-10,13,16-17,20,22-24H2,1-3H3,(H,43,44,47,48,49)/t25-,26?,29-,31+,36-,40-,53?/m0/s1. The lowest BCUT2D eigenvalue weighted by atomic mass is 9.65. The van der Waals surface area contributed by atoms with Gasteiger partial charge in [0, 0.05) is 48.9 Å². The molecule has 11 nitrogen and oxygen atoms in total. The number of ether oxygens (including phenoxy) is 3. The Morgan fingerprint density at radius 1 is 1.09 bits per heavy atom. The number of carbonyl (C=O) groups is 2. The quantitative estimate of drug-likeness (QED) is 0.311. The van der Waals surface area contributed by atoms with Gasteiger partial charge in [0.25, 0.3) is 11.8 Å². The van der Waals surface area contributed by atoms with E-state index >= 15 is 0 Å². The molecule has 2 bridgehead atoms. The number of nitrogens with one attached hydrogen (secondary N) is 1. The number of methoxy groups -OCH3 is 1. The molecule has 1 spiro atoms. The van der Waals surface area contributed by atoms with Gasteiger partial charge in [-0.3, -0.25) is 19.0 Å². The summed E-state index contributed by atoms with van der Waals surface area (Å²) in [5.41, 5.74) is 3.57. The third kappa shape index (κ3) is 7.18. The number of nitrogens with zero attached hydrogens (tertiary/aromatic N) is 4. The Kier molecular flexibility index (Phi) is 9.99. The highest BCUT2D eigenvalue weighted by molar-refractivity contribution is 7.92. The van der Waals surface area contributed by atoms with Crippen LogP contribution in [0.25, 0.3) is 0 Å². The number of amides is 2. The van der Waals surface area contributed by atoms with Crippen molar-refractivity contribution in [3.63, 3.8) is 0 Å². The summed E-state index contributed by atoms with van der Waals surface area (Å²) in [4.78, 5) is 30.2. The lowest BCUT2D eigenvalue weighted by molar-refractivity contribution is -0.102. The van der Waals surface area contributed by atoms with E-state index in [9.17, 15) is 13.8 Å². The third-order valence-electron chi connectivity index (χ3n) is 12.4. The maximum absolute atomic E-state index is 14.8. The molecule has 7 atom stereocenters. The van der Waals surface area contributed by atoms with Crippen molar-refractivity contribution in [1.29, 1.82) is 0 Å². The summed E-state index contributed by atoms with van der Waals surface area (Å²) in [5, 5.41) is 4.93. The van der Waals surface area contributed by atoms with Crippen molar-refractivity contribution in [2.24, 2.45) is 35.1 Å². The van der Waals surface area contributed by atoms with Crippen LogP contribution in [0.4, 0.5) is 5.69 Å². The Labute approximate surface area is 317 Å². The zero-order chi connectivity index (χ0) is 36.9. The largest absolute Gasteiger partial charge is 0.490 e. The van der Waals surface area contributed by atoms with Gasteiger partial charge in [0.2, 0.25) is 5.88 Å². The predicted octanol–water partition coefficient (Wildman–Crippen LogP) is 6.76. The molecule has 3 aliphatic heterocycles. The third-order valence-corrected chi connectivity index (χ3v) is 14.6. The van der Waals surface area contributed by atoms with Gasteiger partial charge in [0.1, 0.15) is 21.2 Å². The number of anilines is 1. The van der Waals surface area contributed by atoms with E-state index in [1.807, 2.05) is 25.1 Å². The molecule has 1 N–H and O–H groups in total. The van der Waals surface area contributed by atoms with Gasteiger partial charge < -0.3 is 19.1 Å². The van der Waals surface area contributed by atoms with Crippen LogP contribution in [0.2, 0.25) is 5.02 Å². The number of aryl methyl sites for hydroxylation is 2. The van der Waals surface area contributed by atoms with Crippen LogP contribution < -0.4 is 19.1 Å². The molecule has 5 aliphatic rings. The minimum Gasteiger partial charge on any atom is -0.490 e. The van der Waals surface area contributed by atoms with Crippen LogP contribution in [-0.2, 0) is 33.5 Å². The summed E-state index contributed by atoms with van der Waals surface area (Å²) >= 11 is 6.49. The molecule has 1 aromatic heterocycles. The maximum Gasteiger partial charge on any atom is 0.286 e. The van der Waals surface area contributed by atoms with E-state index in [1.165, 1.54) is 29.1 Å². The zero-order valence-electron chi connectivity index (χ0n) is 30.9. The van der Waals surface area contributed by atoms with E-state index in [4.69, 9.17) is 25.8 Å². The Bertz CT molecular complexity index is 2030. The van der Waals surface area contributed by atoms with Crippen LogP contribution in [0.1, 0.15) is 90.1 Å². The molecule has 8 rings (SSSR count). The smallest absolute Gasteiger partial charge is 0.286 e. The van der Waals surface area contributed by atoms with E-state index in [0.717, 1.165) is 93.9 Å². The molecule has 4 heterocycles. The van der Waals surface area contributed by atoms with E-state index in [-0.39, 0.29) is 34.6 Å². The summed E-state index contributed by atoms with van der Waals surface area (Å²) in [6.07, 6.45) is 10.8. The van der Waals surface area contributed by atoms with Crippen LogP contribution in [0.5, 0.6) is 11.6 Å². The van der Waals surface area contributed by atoms with Crippen LogP contribution in [-0.4, -0.2) is 71.1 Å². The second kappa shape index (κ2) is 14.6. The van der Waals surface area contributed by atoms with Crippen molar-refractivity contribution in [3.8, 4) is 11.6 Å². The van der Waals surface area contributed by atoms with E-state index < -0.39 is 21.7 Å². The summed E-state index contributed by atoms with van der Waals surface area (Å²) in [5.74, 6) is 0.757. The first-order valence-electron chi connectivity index (χ1n) is 19.1. The zero-order valence-corrected chi connectivity index (χ0v) is 32.4. The minimum atomic E-state index is -3.57. The van der Waals surface area contributed by atoms with Gasteiger partial charge in [-0.05, 0) is 123 Å². The first-order chi connectivity index (χ1) is 25.5. The monoisotopic (exact) mass is 763 g/mol. The average Bonchev–Trinajstić information content (AvgIpc) is 3.44. The van der Waals surface area contributed by atoms with E-state index in [1.54, 1.807) is 13.1 Å². The molecule has 2 aliphatic carbocycles. The molecule has 13 heteroatoms. The van der Waals surface area contributed by atoms with Gasteiger partial charge in [-0.2, -0.15) is 0 Å². The average molecular weight is 764 g/mol. The molecule has 2 amide bonds. The first-order valence-corrected chi connectivity index (χ1v) is 21.2. The number of aromatic nitrogens is 2. The van der Waals surface area contributed by atoms with Gasteiger partial charge in [-0.25, -0.2) is 4.21 Å². The van der Waals surface area contributed by atoms with Gasteiger partial charge in [0.15, 0.2) is 0 Å². The lowest BCUT2D eigenvalue weighted by Gasteiger charge is -2.49. The summed E-state index contributed by atoms with van der Waals surface area (Å²) < 4.78 is 41.8. The number of hydrogen-bond acceptors (Lipinski definition) is 8. The minimum absolute atomic E-state index is 0.0312. The number of benzene rings is 2. The maximum atomic E-state index is 14.8. The molecule has 53 heavy (non-hydrogen) atoms. The van der Waals surface area contributed by atoms with E-state index in [0.29, 0.717) is 29.9 Å². The summed E-state index contributed by atoms with van der Waals surface area (Å²) in [6.45, 7) is 4.88. The van der Waals surface area contributed by atoms with Crippen LogP contribution in [0, 0.1) is 23.7 Å². The lowest BCUT2D eigenvalue weighted by Crippen LogP contribution is -2.51. The molecule has 1 saturated heterocycles. The number of halogens is 1. The Morgan fingerprint density at radius 2 is 1.94 bits per heavy atom. The van der Waals surface area contributed by atoms with Crippen molar-refractivity contribution in [2.45, 2.75) is 76.2 Å². The molecular formula is C40H50ClN5O6S. The Balaban J connectivity index is 1.20. The van der Waals surface area contributed by atoms with Crippen molar-refractivity contribution < 1.29 is 28.0 Å². The fourth-order valence-corrected chi connectivity index (χ4v) is 11.8. The molecular weight excluding hydrogens is 714 g/mol. The van der Waals surface area contributed by atoms with Crippen molar-refractivity contribution in [1.82, 2.24) is 14.5 Å². The highest BCUT2D eigenvalue weighted by atomic mass is 35.5. The van der Waals surface area contributed by atoms with Crippen molar-refractivity contribution in [3.05, 3.63) is 69.9 Å². The molecule has 2 fully saturated rings. The van der Waals surface area contributed by atoms with Gasteiger partial charge in [-0.1, -0.05) is 24.6 Å².